The number of carbonyl (C=O) groups excluding carboxylic acids is 1. The van der Waals surface area contributed by atoms with E-state index in [-0.39, 0.29) is 5.91 Å². The Kier molecular flexibility index (Phi) is 4.37. The maximum absolute atomic E-state index is 12.4. The number of fused-ring (bicyclic) bond motifs is 2. The van der Waals surface area contributed by atoms with Gasteiger partial charge < -0.3 is 14.6 Å². The molecule has 3 aromatic rings. The molecule has 4 rings (SSSR count). The number of para-hydroxylation sites is 3. The van der Waals surface area contributed by atoms with Gasteiger partial charge in [-0.1, -0.05) is 30.3 Å². The first-order valence-corrected chi connectivity index (χ1v) is 9.11. The highest BCUT2D eigenvalue weighted by atomic mass is 16.5. The van der Waals surface area contributed by atoms with Gasteiger partial charge in [-0.05, 0) is 37.6 Å². The normalized spacial score (nSPS) is 15.9. The Balaban J connectivity index is 1.40. The summed E-state index contributed by atoms with van der Waals surface area (Å²) in [6.07, 6.45) is 0.890. The molecule has 134 valence electrons. The maximum Gasteiger partial charge on any atom is 0.261 e. The zero-order valence-electron chi connectivity index (χ0n) is 15.1. The lowest BCUT2D eigenvalue weighted by Gasteiger charge is -2.14. The Bertz CT molecular complexity index is 920. The van der Waals surface area contributed by atoms with Gasteiger partial charge in [-0.25, -0.2) is 4.98 Å². The summed E-state index contributed by atoms with van der Waals surface area (Å²) in [5.74, 6) is 1.75. The van der Waals surface area contributed by atoms with Crippen molar-refractivity contribution in [3.8, 4) is 5.75 Å². The summed E-state index contributed by atoms with van der Waals surface area (Å²) in [4.78, 5) is 17.2. The fourth-order valence-corrected chi connectivity index (χ4v) is 3.59. The minimum absolute atomic E-state index is 0.0617. The van der Waals surface area contributed by atoms with Crippen LogP contribution < -0.4 is 10.1 Å². The standard InChI is InChI=1S/C21H23N3O2/c1-14(2)24-17-9-5-4-8-16(17)23-20(24)11-12-22-21(25)19-13-15-7-3-6-10-18(15)26-19/h3-10,14,19H,11-13H2,1-2H3,(H,22,25)/t19-/m0/s1. The molecule has 0 saturated heterocycles. The lowest BCUT2D eigenvalue weighted by Crippen LogP contribution is -2.38. The predicted molar refractivity (Wildman–Crippen MR) is 101 cm³/mol. The van der Waals surface area contributed by atoms with Gasteiger partial charge in [-0.2, -0.15) is 0 Å². The minimum Gasteiger partial charge on any atom is -0.480 e. The van der Waals surface area contributed by atoms with E-state index in [9.17, 15) is 4.79 Å². The molecule has 2 heterocycles. The highest BCUT2D eigenvalue weighted by molar-refractivity contribution is 5.82. The fraction of sp³-hybridized carbons (Fsp3) is 0.333. The van der Waals surface area contributed by atoms with Gasteiger partial charge in [0.05, 0.1) is 11.0 Å². The number of carbonyl (C=O) groups is 1. The van der Waals surface area contributed by atoms with E-state index in [0.29, 0.717) is 25.4 Å². The van der Waals surface area contributed by atoms with Gasteiger partial charge in [-0.15, -0.1) is 0 Å². The Labute approximate surface area is 153 Å². The van der Waals surface area contributed by atoms with Crippen molar-refractivity contribution in [3.05, 3.63) is 59.9 Å². The van der Waals surface area contributed by atoms with Gasteiger partial charge in [-0.3, -0.25) is 4.79 Å². The highest BCUT2D eigenvalue weighted by Gasteiger charge is 2.28. The number of nitrogens with zero attached hydrogens (tertiary/aromatic N) is 2. The first-order valence-electron chi connectivity index (χ1n) is 9.11. The fourth-order valence-electron chi connectivity index (χ4n) is 3.59. The van der Waals surface area contributed by atoms with E-state index in [0.717, 1.165) is 28.2 Å². The molecule has 1 amide bonds. The third-order valence-corrected chi connectivity index (χ3v) is 4.77. The Morgan fingerprint density at radius 2 is 2.00 bits per heavy atom. The summed E-state index contributed by atoms with van der Waals surface area (Å²) in [7, 11) is 0. The lowest BCUT2D eigenvalue weighted by molar-refractivity contribution is -0.127. The molecular weight excluding hydrogens is 326 g/mol. The minimum atomic E-state index is -0.434. The smallest absolute Gasteiger partial charge is 0.261 e. The Morgan fingerprint density at radius 3 is 2.81 bits per heavy atom. The quantitative estimate of drug-likeness (QED) is 0.769. The Morgan fingerprint density at radius 1 is 1.23 bits per heavy atom. The van der Waals surface area contributed by atoms with Gasteiger partial charge in [0.1, 0.15) is 11.6 Å². The molecule has 1 aliphatic heterocycles. The van der Waals surface area contributed by atoms with Crippen LogP contribution in [0.2, 0.25) is 0 Å². The molecule has 0 fully saturated rings. The Hall–Kier alpha value is -2.82. The van der Waals surface area contributed by atoms with Crippen molar-refractivity contribution in [1.82, 2.24) is 14.9 Å². The molecule has 1 N–H and O–H groups in total. The molecule has 1 aromatic heterocycles. The van der Waals surface area contributed by atoms with Crippen LogP contribution in [-0.2, 0) is 17.6 Å². The topological polar surface area (TPSA) is 56.2 Å². The predicted octanol–water partition coefficient (Wildman–Crippen LogP) is 3.28. The highest BCUT2D eigenvalue weighted by Crippen LogP contribution is 2.28. The van der Waals surface area contributed by atoms with E-state index < -0.39 is 6.10 Å². The summed E-state index contributed by atoms with van der Waals surface area (Å²) >= 11 is 0. The number of aromatic nitrogens is 2. The van der Waals surface area contributed by atoms with Crippen LogP contribution in [0.25, 0.3) is 11.0 Å². The van der Waals surface area contributed by atoms with Crippen molar-refractivity contribution in [2.75, 3.05) is 6.54 Å². The van der Waals surface area contributed by atoms with Crippen LogP contribution in [0, 0.1) is 0 Å². The van der Waals surface area contributed by atoms with Crippen LogP contribution in [0.4, 0.5) is 0 Å². The molecule has 0 saturated carbocycles. The van der Waals surface area contributed by atoms with Crippen LogP contribution in [0.5, 0.6) is 5.75 Å². The van der Waals surface area contributed by atoms with Crippen molar-refractivity contribution in [1.29, 1.82) is 0 Å². The molecule has 0 radical (unpaired) electrons. The second kappa shape index (κ2) is 6.83. The molecule has 0 spiro atoms. The number of hydrogen-bond acceptors (Lipinski definition) is 3. The van der Waals surface area contributed by atoms with Crippen molar-refractivity contribution >= 4 is 16.9 Å². The molecule has 5 heteroatoms. The molecule has 1 aliphatic rings. The van der Waals surface area contributed by atoms with Crippen molar-refractivity contribution in [2.45, 2.75) is 38.8 Å². The van der Waals surface area contributed by atoms with Crippen LogP contribution in [-0.4, -0.2) is 28.1 Å². The first-order chi connectivity index (χ1) is 12.6. The zero-order chi connectivity index (χ0) is 18.1. The summed E-state index contributed by atoms with van der Waals surface area (Å²) in [5.41, 5.74) is 3.23. The van der Waals surface area contributed by atoms with E-state index in [2.05, 4.69) is 29.8 Å². The SMILES string of the molecule is CC(C)n1c(CCNC(=O)[C@@H]2Cc3ccccc3O2)nc2ccccc21. The number of amides is 1. The third kappa shape index (κ3) is 3.05. The average Bonchev–Trinajstić information content (AvgIpc) is 3.22. The van der Waals surface area contributed by atoms with Crippen LogP contribution >= 0.6 is 0 Å². The maximum atomic E-state index is 12.4. The average molecular weight is 349 g/mol. The molecule has 0 aliphatic carbocycles. The zero-order valence-corrected chi connectivity index (χ0v) is 15.1. The van der Waals surface area contributed by atoms with E-state index in [4.69, 9.17) is 9.72 Å². The van der Waals surface area contributed by atoms with Gasteiger partial charge >= 0.3 is 0 Å². The van der Waals surface area contributed by atoms with E-state index in [1.807, 2.05) is 42.5 Å². The number of ether oxygens (including phenoxy) is 1. The number of hydrogen-bond donors (Lipinski definition) is 1. The summed E-state index contributed by atoms with van der Waals surface area (Å²) in [6.45, 7) is 4.85. The van der Waals surface area contributed by atoms with Gasteiger partial charge in [0.2, 0.25) is 0 Å². The second-order valence-corrected chi connectivity index (χ2v) is 6.94. The van der Waals surface area contributed by atoms with Gasteiger partial charge in [0, 0.05) is 25.4 Å². The number of nitrogens with one attached hydrogen (secondary N) is 1. The van der Waals surface area contributed by atoms with Gasteiger partial charge in [0.25, 0.3) is 5.91 Å². The molecule has 0 bridgehead atoms. The van der Waals surface area contributed by atoms with Crippen LogP contribution in [0.15, 0.2) is 48.5 Å². The largest absolute Gasteiger partial charge is 0.480 e. The number of benzene rings is 2. The summed E-state index contributed by atoms with van der Waals surface area (Å²) < 4.78 is 7.99. The van der Waals surface area contributed by atoms with Crippen LogP contribution in [0.1, 0.15) is 31.3 Å². The molecule has 0 unspecified atom stereocenters. The molecule has 2 aromatic carbocycles. The second-order valence-electron chi connectivity index (χ2n) is 6.94. The van der Waals surface area contributed by atoms with Crippen molar-refractivity contribution in [2.24, 2.45) is 0 Å². The third-order valence-electron chi connectivity index (χ3n) is 4.77. The van der Waals surface area contributed by atoms with E-state index in [1.54, 1.807) is 0 Å². The van der Waals surface area contributed by atoms with Crippen molar-refractivity contribution in [3.63, 3.8) is 0 Å². The van der Waals surface area contributed by atoms with Crippen molar-refractivity contribution < 1.29 is 9.53 Å². The molecule has 26 heavy (non-hydrogen) atoms. The summed E-state index contributed by atoms with van der Waals surface area (Å²) in [5, 5.41) is 3.00. The summed E-state index contributed by atoms with van der Waals surface area (Å²) in [6, 6.07) is 16.3. The molecular formula is C21H23N3O2. The number of rotatable bonds is 5. The molecule has 5 nitrogen and oxygen atoms in total. The molecule has 1 atom stereocenters. The van der Waals surface area contributed by atoms with Crippen LogP contribution in [0.3, 0.4) is 0 Å². The number of imidazole rings is 1. The van der Waals surface area contributed by atoms with E-state index in [1.165, 1.54) is 0 Å². The van der Waals surface area contributed by atoms with E-state index >= 15 is 0 Å². The van der Waals surface area contributed by atoms with Gasteiger partial charge in [0.15, 0.2) is 6.10 Å². The lowest BCUT2D eigenvalue weighted by atomic mass is 10.1. The first kappa shape index (κ1) is 16.6. The monoisotopic (exact) mass is 349 g/mol.